The fourth-order valence-corrected chi connectivity index (χ4v) is 5.47. The van der Waals surface area contributed by atoms with Crippen molar-refractivity contribution in [1.29, 1.82) is 0 Å². The fraction of sp³-hybridized carbons (Fsp3) is 0.406. The van der Waals surface area contributed by atoms with E-state index in [2.05, 4.69) is 35.6 Å². The Morgan fingerprint density at radius 2 is 1.64 bits per heavy atom. The molecule has 0 bridgehead atoms. The van der Waals surface area contributed by atoms with Crippen LogP contribution in [0.2, 0.25) is 0 Å². The highest BCUT2D eigenvalue weighted by Gasteiger charge is 2.56. The lowest BCUT2D eigenvalue weighted by molar-refractivity contribution is -0.195. The summed E-state index contributed by atoms with van der Waals surface area (Å²) in [5.74, 6) is 0.711. The van der Waals surface area contributed by atoms with E-state index in [-0.39, 0.29) is 13.1 Å². The van der Waals surface area contributed by atoms with Crippen LogP contribution in [0, 0.1) is 0 Å². The molecule has 15 heteroatoms. The number of hydrogen-bond donors (Lipinski definition) is 3. The largest absolute Gasteiger partial charge is 0.497 e. The lowest BCUT2D eigenvalue weighted by Gasteiger charge is -2.25. The molecule has 3 N–H and O–H groups in total. The van der Waals surface area contributed by atoms with Crippen LogP contribution >= 0.6 is 0 Å². The van der Waals surface area contributed by atoms with Gasteiger partial charge < -0.3 is 44.4 Å². The Morgan fingerprint density at radius 1 is 0.915 bits per heavy atom. The topological polar surface area (TPSA) is 169 Å². The Hall–Kier alpha value is -4.99. The summed E-state index contributed by atoms with van der Waals surface area (Å²) in [5.41, 5.74) is 3.19. The summed E-state index contributed by atoms with van der Waals surface area (Å²) in [6.45, 7) is 4.46. The van der Waals surface area contributed by atoms with Gasteiger partial charge in [-0.25, -0.2) is 19.7 Å². The second kappa shape index (κ2) is 13.8. The van der Waals surface area contributed by atoms with Crippen LogP contribution in [0.3, 0.4) is 0 Å². The van der Waals surface area contributed by atoms with Crippen molar-refractivity contribution in [3.05, 3.63) is 72.3 Å². The number of aromatic nitrogens is 4. The molecule has 1 unspecified atom stereocenters. The number of hydrogen-bond acceptors (Lipinski definition) is 12. The van der Waals surface area contributed by atoms with Gasteiger partial charge in [-0.3, -0.25) is 9.36 Å². The maximum Gasteiger partial charge on any atom is 0.325 e. The molecule has 2 fully saturated rings. The Kier molecular flexibility index (Phi) is 9.38. The molecule has 2 aliphatic heterocycles. The molecular weight excluding hydrogens is 610 g/mol. The van der Waals surface area contributed by atoms with E-state index in [0.717, 1.165) is 22.6 Å². The van der Waals surface area contributed by atoms with Crippen LogP contribution in [0.15, 0.2) is 61.2 Å². The molecule has 2 aromatic carbocycles. The monoisotopic (exact) mass is 647 g/mol. The zero-order valence-electron chi connectivity index (χ0n) is 26.5. The standard InChI is InChI=1S/C32H37N7O8/c1-32(2)46-26-23(14-34-31(41)35-15-24(40)43-4)45-30(27(26)47-32)39-18-38-25-28(36-17-37-29(25)39)33-13-19-5-11-22(12-6-19)44-16-20-7-9-21(42-3)10-8-20/h5-12,17-18,23,26-27,30H,13-16H2,1-4H3,(H,33,36,37)(H2,34,35,41)/t23-,26?,27+,30-/m1/s1. The molecule has 2 saturated heterocycles. The molecule has 0 aliphatic carbocycles. The number of esters is 1. The van der Waals surface area contributed by atoms with Crippen molar-refractivity contribution in [2.75, 3.05) is 32.6 Å². The number of urea groups is 1. The van der Waals surface area contributed by atoms with Gasteiger partial charge in [0.05, 0.1) is 20.5 Å². The van der Waals surface area contributed by atoms with Gasteiger partial charge in [0.1, 0.15) is 49.3 Å². The number of benzene rings is 2. The summed E-state index contributed by atoms with van der Waals surface area (Å²) in [4.78, 5) is 37.1. The molecule has 248 valence electrons. The first-order valence-electron chi connectivity index (χ1n) is 15.1. The molecule has 2 amide bonds. The third kappa shape index (κ3) is 7.37. The molecule has 0 radical (unpaired) electrons. The molecule has 4 atom stereocenters. The van der Waals surface area contributed by atoms with Gasteiger partial charge in [0.15, 0.2) is 29.0 Å². The van der Waals surface area contributed by atoms with Crippen molar-refractivity contribution in [1.82, 2.24) is 30.2 Å². The number of carbonyl (C=O) groups excluding carboxylic acids is 2. The smallest absolute Gasteiger partial charge is 0.325 e. The summed E-state index contributed by atoms with van der Waals surface area (Å²) >= 11 is 0. The zero-order valence-corrected chi connectivity index (χ0v) is 26.5. The predicted molar refractivity (Wildman–Crippen MR) is 168 cm³/mol. The molecule has 0 saturated carbocycles. The van der Waals surface area contributed by atoms with Gasteiger partial charge in [-0.05, 0) is 49.2 Å². The lowest BCUT2D eigenvalue weighted by atomic mass is 10.1. The predicted octanol–water partition coefficient (Wildman–Crippen LogP) is 2.92. The molecule has 15 nitrogen and oxygen atoms in total. The average Bonchev–Trinajstić information content (AvgIpc) is 3.75. The molecule has 47 heavy (non-hydrogen) atoms. The number of carbonyl (C=O) groups is 2. The number of amides is 2. The number of nitrogens with zero attached hydrogens (tertiary/aromatic N) is 4. The Bertz CT molecular complexity index is 1700. The second-order valence-corrected chi connectivity index (χ2v) is 11.5. The SMILES string of the molecule is COC(=O)CNC(=O)NC[C@H]1O[C@@H](n2cnc3c(NCc4ccc(OCc5ccc(OC)cc5)cc4)ncnc32)[C@H]2OC(C)(C)OC12. The van der Waals surface area contributed by atoms with E-state index in [0.29, 0.717) is 30.1 Å². The molecular formula is C32H37N7O8. The first-order valence-corrected chi connectivity index (χ1v) is 15.1. The van der Waals surface area contributed by atoms with E-state index in [1.165, 1.54) is 13.4 Å². The van der Waals surface area contributed by atoms with Crippen LogP contribution in [0.1, 0.15) is 31.2 Å². The first kappa shape index (κ1) is 32.0. The van der Waals surface area contributed by atoms with Crippen LogP contribution < -0.4 is 25.4 Å². The van der Waals surface area contributed by atoms with Crippen molar-refractivity contribution in [3.8, 4) is 11.5 Å². The molecule has 0 spiro atoms. The maximum atomic E-state index is 12.2. The maximum absolute atomic E-state index is 12.2. The van der Waals surface area contributed by atoms with Gasteiger partial charge >= 0.3 is 12.0 Å². The summed E-state index contributed by atoms with van der Waals surface area (Å²) < 4.78 is 36.2. The van der Waals surface area contributed by atoms with Crippen molar-refractivity contribution < 1.29 is 38.0 Å². The van der Waals surface area contributed by atoms with E-state index >= 15 is 0 Å². The number of anilines is 1. The highest BCUT2D eigenvalue weighted by Crippen LogP contribution is 2.43. The van der Waals surface area contributed by atoms with Gasteiger partial charge in [0.25, 0.3) is 0 Å². The van der Waals surface area contributed by atoms with E-state index in [1.807, 2.05) is 62.4 Å². The van der Waals surface area contributed by atoms with Crippen LogP contribution in [0.4, 0.5) is 10.6 Å². The van der Waals surface area contributed by atoms with E-state index in [4.69, 9.17) is 23.7 Å². The van der Waals surface area contributed by atoms with E-state index < -0.39 is 42.3 Å². The summed E-state index contributed by atoms with van der Waals surface area (Å²) in [6, 6.07) is 15.1. The summed E-state index contributed by atoms with van der Waals surface area (Å²) in [6.07, 6.45) is 0.946. The van der Waals surface area contributed by atoms with Crippen molar-refractivity contribution >= 4 is 29.0 Å². The van der Waals surface area contributed by atoms with Gasteiger partial charge in [-0.1, -0.05) is 24.3 Å². The number of ether oxygens (including phenoxy) is 6. The van der Waals surface area contributed by atoms with Gasteiger partial charge in [-0.2, -0.15) is 0 Å². The van der Waals surface area contributed by atoms with Crippen LogP contribution in [0.5, 0.6) is 11.5 Å². The first-order chi connectivity index (χ1) is 22.7. The molecule has 4 aromatic rings. The number of methoxy groups -OCH3 is 2. The fourth-order valence-electron chi connectivity index (χ4n) is 5.47. The average molecular weight is 648 g/mol. The highest BCUT2D eigenvalue weighted by atomic mass is 16.8. The third-order valence-electron chi connectivity index (χ3n) is 7.79. The molecule has 4 heterocycles. The normalized spacial score (nSPS) is 21.2. The number of fused-ring (bicyclic) bond motifs is 2. The molecule has 2 aromatic heterocycles. The minimum Gasteiger partial charge on any atom is -0.497 e. The summed E-state index contributed by atoms with van der Waals surface area (Å²) in [5, 5.41) is 8.52. The minimum absolute atomic E-state index is 0.115. The van der Waals surface area contributed by atoms with Gasteiger partial charge in [-0.15, -0.1) is 0 Å². The Balaban J connectivity index is 1.09. The third-order valence-corrected chi connectivity index (χ3v) is 7.79. The van der Waals surface area contributed by atoms with E-state index in [9.17, 15) is 9.59 Å². The zero-order chi connectivity index (χ0) is 33.0. The van der Waals surface area contributed by atoms with Gasteiger partial charge in [0.2, 0.25) is 0 Å². The van der Waals surface area contributed by atoms with Crippen molar-refractivity contribution in [2.24, 2.45) is 0 Å². The van der Waals surface area contributed by atoms with Crippen molar-refractivity contribution in [2.45, 2.75) is 57.3 Å². The molecule has 6 rings (SSSR count). The minimum atomic E-state index is -0.864. The van der Waals surface area contributed by atoms with Gasteiger partial charge in [0, 0.05) is 13.1 Å². The Labute approximate surface area is 270 Å². The van der Waals surface area contributed by atoms with Crippen LogP contribution in [-0.2, 0) is 36.9 Å². The number of nitrogens with one attached hydrogen (secondary N) is 3. The van der Waals surface area contributed by atoms with Crippen LogP contribution in [-0.4, -0.2) is 82.9 Å². The van der Waals surface area contributed by atoms with Crippen molar-refractivity contribution in [3.63, 3.8) is 0 Å². The quantitative estimate of drug-likeness (QED) is 0.193. The lowest BCUT2D eigenvalue weighted by Crippen LogP contribution is -2.45. The van der Waals surface area contributed by atoms with E-state index in [1.54, 1.807) is 18.0 Å². The number of rotatable bonds is 12. The molecule has 2 aliphatic rings. The van der Waals surface area contributed by atoms with Crippen LogP contribution in [0.25, 0.3) is 11.2 Å². The Morgan fingerprint density at radius 3 is 2.38 bits per heavy atom. The number of imidazole rings is 1. The highest BCUT2D eigenvalue weighted by molar-refractivity contribution is 5.83. The second-order valence-electron chi connectivity index (χ2n) is 11.5. The summed E-state index contributed by atoms with van der Waals surface area (Å²) in [7, 11) is 2.89.